The van der Waals surface area contributed by atoms with Crippen molar-refractivity contribution in [1.29, 1.82) is 0 Å². The average molecular weight is 462 g/mol. The molecule has 8 heteroatoms. The predicted molar refractivity (Wildman–Crippen MR) is 127 cm³/mol. The van der Waals surface area contributed by atoms with Crippen LogP contribution >= 0.6 is 11.3 Å². The molecule has 1 aromatic heterocycles. The Kier molecular flexibility index (Phi) is 6.85. The number of fused-ring (bicyclic) bond motifs is 1. The average Bonchev–Trinajstić information content (AvgIpc) is 3.26. The van der Waals surface area contributed by atoms with E-state index in [9.17, 15) is 9.59 Å². The Morgan fingerprint density at radius 1 is 0.970 bits per heavy atom. The highest BCUT2D eigenvalue weighted by molar-refractivity contribution is 7.09. The van der Waals surface area contributed by atoms with E-state index in [1.807, 2.05) is 54.8 Å². The van der Waals surface area contributed by atoms with Crippen molar-refractivity contribution in [1.82, 2.24) is 15.8 Å². The first kappa shape index (κ1) is 22.3. The lowest BCUT2D eigenvalue weighted by Gasteiger charge is -2.15. The maximum absolute atomic E-state index is 12.4. The quantitative estimate of drug-likeness (QED) is 0.398. The molecule has 0 spiro atoms. The van der Waals surface area contributed by atoms with Crippen LogP contribution in [0.2, 0.25) is 0 Å². The summed E-state index contributed by atoms with van der Waals surface area (Å²) in [6, 6.07) is 20.1. The monoisotopic (exact) mass is 461 g/mol. The van der Waals surface area contributed by atoms with Crippen LogP contribution in [0.3, 0.4) is 0 Å². The standard InChI is InChI=1S/C25H23N3O4S/c1-16(32-23-12-7-18-5-3-4-6-20(18)13-23)24(29)27-28-25(30)19-8-10-22(11-9-19)31-14-21-15-33-17(2)26-21/h3-13,15-16H,14H2,1-2H3,(H,27,29)(H,28,30). The molecule has 33 heavy (non-hydrogen) atoms. The number of hydrazine groups is 1. The molecule has 0 aliphatic rings. The molecule has 3 aromatic carbocycles. The van der Waals surface area contributed by atoms with Gasteiger partial charge in [0.05, 0.1) is 10.7 Å². The molecule has 0 aliphatic carbocycles. The number of hydrogen-bond acceptors (Lipinski definition) is 6. The number of thiazole rings is 1. The Balaban J connectivity index is 1.26. The van der Waals surface area contributed by atoms with Gasteiger partial charge in [-0.2, -0.15) is 0 Å². The van der Waals surface area contributed by atoms with E-state index >= 15 is 0 Å². The van der Waals surface area contributed by atoms with E-state index in [0.29, 0.717) is 23.7 Å². The summed E-state index contributed by atoms with van der Waals surface area (Å²) in [6.07, 6.45) is -0.795. The zero-order valence-corrected chi connectivity index (χ0v) is 19.0. The molecule has 4 aromatic rings. The van der Waals surface area contributed by atoms with Gasteiger partial charge >= 0.3 is 0 Å². The Labute approximate surface area is 195 Å². The van der Waals surface area contributed by atoms with Crippen molar-refractivity contribution < 1.29 is 19.1 Å². The molecule has 0 fully saturated rings. The van der Waals surface area contributed by atoms with Crippen molar-refractivity contribution in [2.24, 2.45) is 0 Å². The lowest BCUT2D eigenvalue weighted by atomic mass is 10.1. The Morgan fingerprint density at radius 3 is 2.42 bits per heavy atom. The maximum Gasteiger partial charge on any atom is 0.279 e. The summed E-state index contributed by atoms with van der Waals surface area (Å²) in [5, 5.41) is 5.04. The number of ether oxygens (including phenoxy) is 2. The van der Waals surface area contributed by atoms with E-state index in [4.69, 9.17) is 9.47 Å². The molecule has 1 unspecified atom stereocenters. The number of hydrogen-bond donors (Lipinski definition) is 2. The predicted octanol–water partition coefficient (Wildman–Crippen LogP) is 4.41. The van der Waals surface area contributed by atoms with Gasteiger partial charge in [0.25, 0.3) is 11.8 Å². The van der Waals surface area contributed by atoms with Crippen LogP contribution in [0.1, 0.15) is 28.0 Å². The summed E-state index contributed by atoms with van der Waals surface area (Å²) >= 11 is 1.57. The highest BCUT2D eigenvalue weighted by Gasteiger charge is 2.16. The van der Waals surface area contributed by atoms with Crippen LogP contribution < -0.4 is 20.3 Å². The SMILES string of the molecule is Cc1nc(COc2ccc(C(=O)NNC(=O)C(C)Oc3ccc4ccccc4c3)cc2)cs1. The number of nitrogens with zero attached hydrogens (tertiary/aromatic N) is 1. The summed E-state index contributed by atoms with van der Waals surface area (Å²) < 4.78 is 11.4. The minimum absolute atomic E-state index is 0.362. The van der Waals surface area contributed by atoms with Crippen molar-refractivity contribution >= 4 is 33.9 Å². The van der Waals surface area contributed by atoms with E-state index in [-0.39, 0.29) is 0 Å². The zero-order valence-electron chi connectivity index (χ0n) is 18.2. The molecule has 1 heterocycles. The van der Waals surface area contributed by atoms with E-state index in [0.717, 1.165) is 21.5 Å². The van der Waals surface area contributed by atoms with Crippen LogP contribution in [0.25, 0.3) is 10.8 Å². The Bertz CT molecular complexity index is 1270. The van der Waals surface area contributed by atoms with Crippen LogP contribution in [0, 0.1) is 6.92 Å². The molecule has 0 saturated heterocycles. The first-order valence-corrected chi connectivity index (χ1v) is 11.3. The second kappa shape index (κ2) is 10.1. The second-order valence-corrected chi connectivity index (χ2v) is 8.45. The number of rotatable bonds is 7. The van der Waals surface area contributed by atoms with Gasteiger partial charge in [-0.25, -0.2) is 4.98 Å². The number of carbonyl (C=O) groups excluding carboxylic acids is 2. The number of carbonyl (C=O) groups is 2. The van der Waals surface area contributed by atoms with Crippen molar-refractivity contribution in [2.75, 3.05) is 0 Å². The van der Waals surface area contributed by atoms with Gasteiger partial charge in [-0.05, 0) is 61.0 Å². The minimum atomic E-state index is -0.795. The van der Waals surface area contributed by atoms with Crippen molar-refractivity contribution in [3.8, 4) is 11.5 Å². The molecule has 2 amide bonds. The van der Waals surface area contributed by atoms with E-state index in [1.54, 1.807) is 42.5 Å². The molecular formula is C25H23N3O4S. The summed E-state index contributed by atoms with van der Waals surface area (Å²) in [5.41, 5.74) is 6.05. The van der Waals surface area contributed by atoms with Crippen LogP contribution in [0.5, 0.6) is 11.5 Å². The first-order valence-electron chi connectivity index (χ1n) is 10.4. The fraction of sp³-hybridized carbons (Fsp3) is 0.160. The molecule has 1 atom stereocenters. The summed E-state index contributed by atoms with van der Waals surface area (Å²) in [4.78, 5) is 29.0. The molecule has 168 valence electrons. The van der Waals surface area contributed by atoms with Crippen molar-refractivity contribution in [3.05, 3.63) is 88.4 Å². The molecular weight excluding hydrogens is 438 g/mol. The lowest BCUT2D eigenvalue weighted by molar-refractivity contribution is -0.128. The smallest absolute Gasteiger partial charge is 0.279 e. The molecule has 7 nitrogen and oxygen atoms in total. The fourth-order valence-corrected chi connectivity index (χ4v) is 3.72. The van der Waals surface area contributed by atoms with E-state index in [1.165, 1.54) is 0 Å². The maximum atomic E-state index is 12.4. The third-order valence-corrected chi connectivity index (χ3v) is 5.69. The first-order chi connectivity index (χ1) is 16.0. The van der Waals surface area contributed by atoms with Crippen LogP contribution in [-0.2, 0) is 11.4 Å². The second-order valence-electron chi connectivity index (χ2n) is 7.38. The van der Waals surface area contributed by atoms with Gasteiger partial charge in [0, 0.05) is 10.9 Å². The summed E-state index contributed by atoms with van der Waals surface area (Å²) in [6.45, 7) is 3.92. The van der Waals surface area contributed by atoms with E-state index in [2.05, 4.69) is 15.8 Å². The minimum Gasteiger partial charge on any atom is -0.487 e. The molecule has 0 bridgehead atoms. The molecule has 2 N–H and O–H groups in total. The van der Waals surface area contributed by atoms with E-state index < -0.39 is 17.9 Å². The summed E-state index contributed by atoms with van der Waals surface area (Å²) in [7, 11) is 0. The number of nitrogens with one attached hydrogen (secondary N) is 2. The van der Waals surface area contributed by atoms with Gasteiger partial charge in [-0.1, -0.05) is 30.3 Å². The van der Waals surface area contributed by atoms with Crippen molar-refractivity contribution in [2.45, 2.75) is 26.6 Å². The molecule has 4 rings (SSSR count). The number of amides is 2. The molecule has 0 radical (unpaired) electrons. The topological polar surface area (TPSA) is 89.5 Å². The highest BCUT2D eigenvalue weighted by atomic mass is 32.1. The van der Waals surface area contributed by atoms with Gasteiger partial charge < -0.3 is 9.47 Å². The molecule has 0 aliphatic heterocycles. The number of benzene rings is 3. The highest BCUT2D eigenvalue weighted by Crippen LogP contribution is 2.21. The van der Waals surface area contributed by atoms with Crippen LogP contribution in [0.15, 0.2) is 72.1 Å². The van der Waals surface area contributed by atoms with Gasteiger partial charge in [-0.3, -0.25) is 20.4 Å². The summed E-state index contributed by atoms with van der Waals surface area (Å²) in [5.74, 6) is 0.294. The number of aromatic nitrogens is 1. The van der Waals surface area contributed by atoms with Gasteiger partial charge in [0.1, 0.15) is 18.1 Å². The van der Waals surface area contributed by atoms with Crippen molar-refractivity contribution in [3.63, 3.8) is 0 Å². The van der Waals surface area contributed by atoms with Crippen LogP contribution in [-0.4, -0.2) is 22.9 Å². The fourth-order valence-electron chi connectivity index (χ4n) is 3.12. The zero-order chi connectivity index (χ0) is 23.2. The third kappa shape index (κ3) is 5.87. The van der Waals surface area contributed by atoms with Crippen LogP contribution in [0.4, 0.5) is 0 Å². The number of aryl methyl sites for hydroxylation is 1. The lowest BCUT2D eigenvalue weighted by Crippen LogP contribution is -2.47. The largest absolute Gasteiger partial charge is 0.487 e. The Hall–Kier alpha value is -3.91. The molecule has 0 saturated carbocycles. The Morgan fingerprint density at radius 2 is 1.70 bits per heavy atom. The van der Waals surface area contributed by atoms with Gasteiger partial charge in [0.15, 0.2) is 6.10 Å². The third-order valence-electron chi connectivity index (χ3n) is 4.87. The van der Waals surface area contributed by atoms with Gasteiger partial charge in [0.2, 0.25) is 0 Å². The van der Waals surface area contributed by atoms with Gasteiger partial charge in [-0.15, -0.1) is 11.3 Å². The normalized spacial score (nSPS) is 11.6.